The lowest BCUT2D eigenvalue weighted by molar-refractivity contribution is 0.101. The van der Waals surface area contributed by atoms with E-state index in [0.29, 0.717) is 12.0 Å². The van der Waals surface area contributed by atoms with Gasteiger partial charge in [0.15, 0.2) is 5.78 Å². The van der Waals surface area contributed by atoms with Gasteiger partial charge in [0.25, 0.3) is 10.1 Å². The molecule has 0 aliphatic carbocycles. The Hall–Kier alpha value is -1.50. The van der Waals surface area contributed by atoms with Crippen molar-refractivity contribution in [3.8, 4) is 0 Å². The van der Waals surface area contributed by atoms with E-state index in [1.807, 2.05) is 17.5 Å². The Morgan fingerprint density at radius 3 is 2.64 bits per heavy atom. The third-order valence-electron chi connectivity index (χ3n) is 3.24. The molecule has 0 aliphatic heterocycles. The van der Waals surface area contributed by atoms with E-state index in [4.69, 9.17) is 4.18 Å². The summed E-state index contributed by atoms with van der Waals surface area (Å²) >= 11 is 1.56. The van der Waals surface area contributed by atoms with Gasteiger partial charge in [-0.2, -0.15) is 8.42 Å². The summed E-state index contributed by atoms with van der Waals surface area (Å²) < 4.78 is 29.9. The molecule has 0 saturated heterocycles. The number of benzene rings is 1. The summed E-state index contributed by atoms with van der Waals surface area (Å²) in [6.07, 6.45) is 0.0632. The number of thiophene rings is 1. The molecule has 0 aliphatic rings. The maximum Gasteiger partial charge on any atom is 0.297 e. The number of aryl methyl sites for hydroxylation is 1. The standard InChI is InChI=1S/C16H18O4S2/c1-11-6-7-15(10-16(11)13(3)17)22(18,19)20-12(2)9-14-5-4-8-21-14/h4-8,10,12H,9H2,1-3H3. The Balaban J connectivity index is 2.19. The van der Waals surface area contributed by atoms with Crippen LogP contribution in [0.25, 0.3) is 0 Å². The van der Waals surface area contributed by atoms with Crippen LogP contribution in [-0.4, -0.2) is 20.3 Å². The summed E-state index contributed by atoms with van der Waals surface area (Å²) in [5.74, 6) is -0.166. The van der Waals surface area contributed by atoms with Crippen LogP contribution in [0.3, 0.4) is 0 Å². The van der Waals surface area contributed by atoms with Crippen LogP contribution in [0.4, 0.5) is 0 Å². The van der Waals surface area contributed by atoms with Crippen LogP contribution in [0.5, 0.6) is 0 Å². The lowest BCUT2D eigenvalue weighted by atomic mass is 10.1. The van der Waals surface area contributed by atoms with Crippen LogP contribution in [0.1, 0.15) is 34.6 Å². The summed E-state index contributed by atoms with van der Waals surface area (Å²) in [5.41, 5.74) is 1.15. The Morgan fingerprint density at radius 1 is 1.32 bits per heavy atom. The van der Waals surface area contributed by atoms with E-state index in [2.05, 4.69) is 0 Å². The second-order valence-corrected chi connectivity index (χ2v) is 7.78. The van der Waals surface area contributed by atoms with E-state index in [9.17, 15) is 13.2 Å². The second kappa shape index (κ2) is 6.73. The Bertz CT molecular complexity index is 761. The molecule has 0 N–H and O–H groups in total. The number of rotatable bonds is 6. The highest BCUT2D eigenvalue weighted by Gasteiger charge is 2.21. The maximum absolute atomic E-state index is 12.3. The highest BCUT2D eigenvalue weighted by molar-refractivity contribution is 7.86. The van der Waals surface area contributed by atoms with Gasteiger partial charge in [0.1, 0.15) is 0 Å². The van der Waals surface area contributed by atoms with E-state index in [0.717, 1.165) is 10.4 Å². The number of Topliss-reactive ketones (excluding diaryl/α,β-unsaturated/α-hetero) is 1. The average Bonchev–Trinajstić information content (AvgIpc) is 2.90. The van der Waals surface area contributed by atoms with Crippen molar-refractivity contribution in [2.75, 3.05) is 0 Å². The van der Waals surface area contributed by atoms with Crippen LogP contribution in [-0.2, 0) is 20.7 Å². The number of carbonyl (C=O) groups is 1. The summed E-state index contributed by atoms with van der Waals surface area (Å²) in [7, 11) is -3.88. The minimum absolute atomic E-state index is 0.0151. The first-order chi connectivity index (χ1) is 10.3. The second-order valence-electron chi connectivity index (χ2n) is 5.18. The molecule has 22 heavy (non-hydrogen) atoms. The molecule has 0 bridgehead atoms. The van der Waals surface area contributed by atoms with Gasteiger partial charge in [0, 0.05) is 16.9 Å². The fraction of sp³-hybridized carbons (Fsp3) is 0.312. The monoisotopic (exact) mass is 338 g/mol. The van der Waals surface area contributed by atoms with Crippen molar-refractivity contribution >= 4 is 27.2 Å². The topological polar surface area (TPSA) is 60.4 Å². The van der Waals surface area contributed by atoms with Gasteiger partial charge in [0.05, 0.1) is 11.0 Å². The fourth-order valence-corrected chi connectivity index (χ4v) is 4.08. The van der Waals surface area contributed by atoms with Gasteiger partial charge >= 0.3 is 0 Å². The van der Waals surface area contributed by atoms with Gasteiger partial charge in [0.2, 0.25) is 0 Å². The van der Waals surface area contributed by atoms with Crippen molar-refractivity contribution in [3.05, 3.63) is 51.7 Å². The van der Waals surface area contributed by atoms with Crippen molar-refractivity contribution in [3.63, 3.8) is 0 Å². The Labute approximate surface area is 134 Å². The molecular formula is C16H18O4S2. The quantitative estimate of drug-likeness (QED) is 0.596. The van der Waals surface area contributed by atoms with Gasteiger partial charge in [-0.05, 0) is 49.9 Å². The average molecular weight is 338 g/mol. The lowest BCUT2D eigenvalue weighted by Crippen LogP contribution is -2.18. The number of hydrogen-bond acceptors (Lipinski definition) is 5. The molecule has 118 valence electrons. The molecule has 2 aromatic rings. The van der Waals surface area contributed by atoms with Crippen LogP contribution in [0.2, 0.25) is 0 Å². The van der Waals surface area contributed by atoms with Crippen molar-refractivity contribution in [1.82, 2.24) is 0 Å². The van der Waals surface area contributed by atoms with Crippen LogP contribution in [0.15, 0.2) is 40.6 Å². The largest absolute Gasteiger partial charge is 0.297 e. The van der Waals surface area contributed by atoms with Crippen molar-refractivity contribution in [1.29, 1.82) is 0 Å². The molecule has 1 heterocycles. The molecular weight excluding hydrogens is 320 g/mol. The van der Waals surface area contributed by atoms with E-state index >= 15 is 0 Å². The molecule has 1 aromatic carbocycles. The molecule has 0 saturated carbocycles. The smallest absolute Gasteiger partial charge is 0.295 e. The first kappa shape index (κ1) is 16.9. The van der Waals surface area contributed by atoms with Crippen LogP contribution in [0, 0.1) is 6.92 Å². The van der Waals surface area contributed by atoms with Crippen LogP contribution >= 0.6 is 11.3 Å². The van der Waals surface area contributed by atoms with E-state index in [-0.39, 0.29) is 10.7 Å². The van der Waals surface area contributed by atoms with Crippen molar-refractivity contribution < 1.29 is 17.4 Å². The predicted molar refractivity (Wildman–Crippen MR) is 86.9 cm³/mol. The molecule has 4 nitrogen and oxygen atoms in total. The summed E-state index contributed by atoms with van der Waals surface area (Å²) in [6.45, 7) is 4.91. The Kier molecular flexibility index (Phi) is 5.16. The van der Waals surface area contributed by atoms with Gasteiger partial charge in [-0.1, -0.05) is 12.1 Å². The molecule has 6 heteroatoms. The minimum Gasteiger partial charge on any atom is -0.295 e. The highest BCUT2D eigenvalue weighted by atomic mass is 32.2. The third-order valence-corrected chi connectivity index (χ3v) is 5.55. The summed E-state index contributed by atoms with van der Waals surface area (Å²) in [5, 5.41) is 1.94. The van der Waals surface area contributed by atoms with E-state index in [1.165, 1.54) is 19.1 Å². The molecule has 1 aromatic heterocycles. The Morgan fingerprint density at radius 2 is 2.05 bits per heavy atom. The lowest BCUT2D eigenvalue weighted by Gasteiger charge is -2.13. The number of hydrogen-bond donors (Lipinski definition) is 0. The first-order valence-corrected chi connectivity index (χ1v) is 9.15. The normalized spacial score (nSPS) is 13.0. The molecule has 0 amide bonds. The minimum atomic E-state index is -3.88. The van der Waals surface area contributed by atoms with E-state index < -0.39 is 16.2 Å². The molecule has 1 unspecified atom stereocenters. The third kappa shape index (κ3) is 4.03. The van der Waals surface area contributed by atoms with Crippen LogP contribution < -0.4 is 0 Å². The summed E-state index contributed by atoms with van der Waals surface area (Å²) in [4.78, 5) is 12.6. The maximum atomic E-state index is 12.3. The van der Waals surface area contributed by atoms with Gasteiger partial charge in [-0.3, -0.25) is 8.98 Å². The van der Waals surface area contributed by atoms with Gasteiger partial charge in [-0.25, -0.2) is 0 Å². The molecule has 0 spiro atoms. The molecule has 0 fully saturated rings. The van der Waals surface area contributed by atoms with E-state index in [1.54, 1.807) is 31.3 Å². The zero-order valence-electron chi connectivity index (χ0n) is 12.7. The molecule has 2 rings (SSSR count). The first-order valence-electron chi connectivity index (χ1n) is 6.87. The zero-order chi connectivity index (χ0) is 16.3. The summed E-state index contributed by atoms with van der Waals surface area (Å²) in [6, 6.07) is 8.33. The fourth-order valence-electron chi connectivity index (χ4n) is 2.15. The number of carbonyl (C=O) groups excluding carboxylic acids is 1. The zero-order valence-corrected chi connectivity index (χ0v) is 14.3. The molecule has 0 radical (unpaired) electrons. The van der Waals surface area contributed by atoms with Gasteiger partial charge < -0.3 is 0 Å². The predicted octanol–water partition coefficient (Wildman–Crippen LogP) is 3.60. The number of ketones is 1. The van der Waals surface area contributed by atoms with Gasteiger partial charge in [-0.15, -0.1) is 11.3 Å². The van der Waals surface area contributed by atoms with Crippen molar-refractivity contribution in [2.45, 2.75) is 38.2 Å². The van der Waals surface area contributed by atoms with Crippen molar-refractivity contribution in [2.24, 2.45) is 0 Å². The highest BCUT2D eigenvalue weighted by Crippen LogP contribution is 2.21. The SMILES string of the molecule is CC(=O)c1cc(S(=O)(=O)OC(C)Cc2cccs2)ccc1C. The molecule has 1 atom stereocenters.